The second kappa shape index (κ2) is 8.19. The third-order valence-electron chi connectivity index (χ3n) is 3.03. The van der Waals surface area contributed by atoms with Crippen molar-refractivity contribution in [1.29, 1.82) is 0 Å². The number of carbonyl (C=O) groups excluding carboxylic acids is 1. The van der Waals surface area contributed by atoms with Gasteiger partial charge in [0.2, 0.25) is 0 Å². The number of hydrogen-bond acceptors (Lipinski definition) is 3. The van der Waals surface area contributed by atoms with Crippen molar-refractivity contribution in [1.82, 2.24) is 0 Å². The molecule has 0 aromatic heterocycles. The Morgan fingerprint density at radius 3 is 1.88 bits per heavy atom. The molecule has 0 bridgehead atoms. The molecule has 0 spiro atoms. The van der Waals surface area contributed by atoms with Gasteiger partial charge in [-0.3, -0.25) is 0 Å². The molecule has 0 aliphatic carbocycles. The predicted octanol–water partition coefficient (Wildman–Crippen LogP) is 5.29. The van der Waals surface area contributed by atoms with E-state index in [9.17, 15) is 18.0 Å². The Morgan fingerprint density at radius 2 is 1.40 bits per heavy atom. The van der Waals surface area contributed by atoms with Crippen molar-refractivity contribution in [2.75, 3.05) is 0 Å². The molecule has 6 heteroatoms. The summed E-state index contributed by atoms with van der Waals surface area (Å²) in [5.74, 6) is -0.412. The molecular weight excluding hydrogens is 333 g/mol. The first-order valence-corrected chi connectivity index (χ1v) is 7.35. The van der Waals surface area contributed by atoms with Crippen LogP contribution in [0.5, 0.6) is 11.5 Å². The zero-order valence-corrected chi connectivity index (χ0v) is 13.3. The Morgan fingerprint density at radius 1 is 0.880 bits per heavy atom. The van der Waals surface area contributed by atoms with E-state index >= 15 is 0 Å². The third kappa shape index (κ3) is 6.18. The Hall–Kier alpha value is -3.02. The Balaban J connectivity index is 2.03. The van der Waals surface area contributed by atoms with Crippen molar-refractivity contribution in [2.24, 2.45) is 0 Å². The maximum absolute atomic E-state index is 12.1. The van der Waals surface area contributed by atoms with Gasteiger partial charge < -0.3 is 9.47 Å². The van der Waals surface area contributed by atoms with Crippen molar-refractivity contribution in [2.45, 2.75) is 13.3 Å². The number of rotatable bonds is 5. The number of hydrogen-bond donors (Lipinski definition) is 0. The summed E-state index contributed by atoms with van der Waals surface area (Å²) >= 11 is 0. The van der Waals surface area contributed by atoms with Crippen molar-refractivity contribution in [3.63, 3.8) is 0 Å². The maximum Gasteiger partial charge on any atom is 0.573 e. The molecule has 2 aromatic carbocycles. The van der Waals surface area contributed by atoms with Gasteiger partial charge in [0, 0.05) is 6.08 Å². The minimum Gasteiger partial charge on any atom is -0.423 e. The molecule has 2 aromatic rings. The number of carbonyl (C=O) groups is 1. The van der Waals surface area contributed by atoms with Crippen LogP contribution in [0.2, 0.25) is 0 Å². The Kier molecular flexibility index (Phi) is 6.00. The van der Waals surface area contributed by atoms with E-state index in [4.69, 9.17) is 4.74 Å². The lowest BCUT2D eigenvalue weighted by Gasteiger charge is -2.09. The SMILES string of the molecule is C/C=C/C=C/C(=O)Oc1ccc(-c2ccc(OC(F)(F)F)cc2)cc1. The molecule has 0 heterocycles. The number of halogens is 3. The van der Waals surface area contributed by atoms with E-state index in [1.54, 1.807) is 42.5 Å². The first-order valence-electron chi connectivity index (χ1n) is 7.35. The van der Waals surface area contributed by atoms with E-state index in [2.05, 4.69) is 4.74 Å². The van der Waals surface area contributed by atoms with Crippen molar-refractivity contribution in [3.8, 4) is 22.6 Å². The van der Waals surface area contributed by atoms with Gasteiger partial charge in [-0.2, -0.15) is 0 Å². The number of allylic oxidation sites excluding steroid dienone is 3. The predicted molar refractivity (Wildman–Crippen MR) is 88.2 cm³/mol. The summed E-state index contributed by atoms with van der Waals surface area (Å²) < 4.78 is 45.4. The molecule has 0 saturated heterocycles. The van der Waals surface area contributed by atoms with Crippen LogP contribution in [0.1, 0.15) is 6.92 Å². The minimum atomic E-state index is -4.71. The topological polar surface area (TPSA) is 35.5 Å². The molecule has 0 aliphatic heterocycles. The lowest BCUT2D eigenvalue weighted by atomic mass is 10.1. The zero-order valence-electron chi connectivity index (χ0n) is 13.3. The van der Waals surface area contributed by atoms with Crippen molar-refractivity contribution in [3.05, 3.63) is 72.8 Å². The molecule has 0 radical (unpaired) electrons. The third-order valence-corrected chi connectivity index (χ3v) is 3.03. The fraction of sp³-hybridized carbons (Fsp3) is 0.105. The van der Waals surface area contributed by atoms with Gasteiger partial charge in [-0.05, 0) is 42.3 Å². The lowest BCUT2D eigenvalue weighted by molar-refractivity contribution is -0.274. The number of benzene rings is 2. The second-order valence-corrected chi connectivity index (χ2v) is 4.90. The van der Waals surface area contributed by atoms with E-state index in [0.29, 0.717) is 11.3 Å². The van der Waals surface area contributed by atoms with Crippen LogP contribution in [0.4, 0.5) is 13.2 Å². The molecule has 0 fully saturated rings. The number of esters is 1. The highest BCUT2D eigenvalue weighted by atomic mass is 19.4. The summed E-state index contributed by atoms with van der Waals surface area (Å²) in [6, 6.07) is 12.1. The van der Waals surface area contributed by atoms with Crippen LogP contribution in [0, 0.1) is 0 Å². The second-order valence-electron chi connectivity index (χ2n) is 4.90. The number of ether oxygens (including phenoxy) is 2. The molecule has 0 atom stereocenters. The highest BCUT2D eigenvalue weighted by molar-refractivity contribution is 5.84. The molecule has 3 nitrogen and oxygen atoms in total. The fourth-order valence-electron chi connectivity index (χ4n) is 1.96. The molecule has 25 heavy (non-hydrogen) atoms. The van der Waals surface area contributed by atoms with Gasteiger partial charge in [-0.1, -0.05) is 42.5 Å². The quantitative estimate of drug-likeness (QED) is 0.319. The summed E-state index contributed by atoms with van der Waals surface area (Å²) in [5.41, 5.74) is 1.48. The van der Waals surface area contributed by atoms with Crippen LogP contribution in [0.3, 0.4) is 0 Å². The molecule has 0 N–H and O–H groups in total. The van der Waals surface area contributed by atoms with Crippen molar-refractivity contribution >= 4 is 5.97 Å². The first kappa shape index (κ1) is 18.3. The molecule has 2 rings (SSSR count). The van der Waals surface area contributed by atoms with Gasteiger partial charge >= 0.3 is 12.3 Å². The Labute approximate surface area is 143 Å². The molecule has 0 unspecified atom stereocenters. The van der Waals surface area contributed by atoms with E-state index in [1.807, 2.05) is 6.92 Å². The van der Waals surface area contributed by atoms with E-state index in [1.165, 1.54) is 30.3 Å². The van der Waals surface area contributed by atoms with E-state index in [-0.39, 0.29) is 5.75 Å². The van der Waals surface area contributed by atoms with Gasteiger partial charge in [-0.25, -0.2) is 4.79 Å². The number of alkyl halides is 3. The molecular formula is C19H15F3O3. The molecule has 0 saturated carbocycles. The summed E-state index contributed by atoms with van der Waals surface area (Å²) in [7, 11) is 0. The lowest BCUT2D eigenvalue weighted by Crippen LogP contribution is -2.16. The molecule has 130 valence electrons. The van der Waals surface area contributed by atoms with Gasteiger partial charge in [0.25, 0.3) is 0 Å². The molecule has 0 amide bonds. The van der Waals surface area contributed by atoms with Gasteiger partial charge in [0.15, 0.2) is 0 Å². The van der Waals surface area contributed by atoms with Crippen molar-refractivity contribution < 1.29 is 27.4 Å². The maximum atomic E-state index is 12.1. The smallest absolute Gasteiger partial charge is 0.423 e. The van der Waals surface area contributed by atoms with Crippen LogP contribution in [-0.2, 0) is 4.79 Å². The largest absolute Gasteiger partial charge is 0.573 e. The van der Waals surface area contributed by atoms with E-state index in [0.717, 1.165) is 5.56 Å². The Bertz CT molecular complexity index is 758. The van der Waals surface area contributed by atoms with Gasteiger partial charge in [0.1, 0.15) is 11.5 Å². The summed E-state index contributed by atoms with van der Waals surface area (Å²) in [5, 5.41) is 0. The minimum absolute atomic E-state index is 0.283. The highest BCUT2D eigenvalue weighted by Crippen LogP contribution is 2.27. The standard InChI is InChI=1S/C19H15F3O3/c1-2-3-4-5-18(23)24-16-10-6-14(7-11-16)15-8-12-17(13-9-15)25-19(20,21)22/h2-13H,1H3/b3-2+,5-4+. The van der Waals surface area contributed by atoms with Crippen LogP contribution in [0.15, 0.2) is 72.8 Å². The summed E-state index contributed by atoms with van der Waals surface area (Å²) in [6.07, 6.45) is 1.64. The van der Waals surface area contributed by atoms with Crippen LogP contribution in [-0.4, -0.2) is 12.3 Å². The normalized spacial score (nSPS) is 11.8. The average molecular weight is 348 g/mol. The monoisotopic (exact) mass is 348 g/mol. The fourth-order valence-corrected chi connectivity index (χ4v) is 1.96. The summed E-state index contributed by atoms with van der Waals surface area (Å²) in [6.45, 7) is 1.83. The van der Waals surface area contributed by atoms with E-state index < -0.39 is 12.3 Å². The first-order chi connectivity index (χ1) is 11.9. The van der Waals surface area contributed by atoms with Gasteiger partial charge in [0.05, 0.1) is 0 Å². The van der Waals surface area contributed by atoms with Crippen LogP contribution >= 0.6 is 0 Å². The average Bonchev–Trinajstić information content (AvgIpc) is 2.55. The highest BCUT2D eigenvalue weighted by Gasteiger charge is 2.30. The molecule has 0 aliphatic rings. The summed E-state index contributed by atoms with van der Waals surface area (Å²) in [4.78, 5) is 11.5. The van der Waals surface area contributed by atoms with Gasteiger partial charge in [-0.15, -0.1) is 13.2 Å². The zero-order chi connectivity index (χ0) is 18.3. The van der Waals surface area contributed by atoms with Crippen LogP contribution < -0.4 is 9.47 Å². The van der Waals surface area contributed by atoms with Crippen LogP contribution in [0.25, 0.3) is 11.1 Å².